The minimum absolute atomic E-state index is 0.170. The predicted octanol–water partition coefficient (Wildman–Crippen LogP) is 2.17. The summed E-state index contributed by atoms with van der Waals surface area (Å²) in [6.45, 7) is 0.389. The van der Waals surface area contributed by atoms with Gasteiger partial charge in [0.25, 0.3) is 5.91 Å². The monoisotopic (exact) mass is 343 g/mol. The summed E-state index contributed by atoms with van der Waals surface area (Å²) in [5, 5.41) is 12.8. The molecule has 0 radical (unpaired) electrons. The van der Waals surface area contributed by atoms with E-state index >= 15 is 0 Å². The van der Waals surface area contributed by atoms with Crippen LogP contribution < -0.4 is 10.6 Å². The molecular formula is C17H18FN5O2. The highest BCUT2D eigenvalue weighted by molar-refractivity contribution is 5.92. The molecule has 8 heteroatoms. The number of benzene rings is 1. The van der Waals surface area contributed by atoms with Gasteiger partial charge in [-0.25, -0.2) is 9.18 Å². The zero-order chi connectivity index (χ0) is 17.8. The van der Waals surface area contributed by atoms with Crippen LogP contribution >= 0.6 is 0 Å². The number of nitrogens with zero attached hydrogens (tertiary/aromatic N) is 3. The van der Waals surface area contributed by atoms with E-state index in [1.54, 1.807) is 17.0 Å². The Labute approximate surface area is 144 Å². The Balaban J connectivity index is 1.66. The molecule has 0 saturated heterocycles. The van der Waals surface area contributed by atoms with E-state index in [0.29, 0.717) is 6.54 Å². The molecule has 1 saturated carbocycles. The largest absolute Gasteiger partial charge is 0.354 e. The van der Waals surface area contributed by atoms with Crippen molar-refractivity contribution in [1.82, 2.24) is 20.4 Å². The molecule has 1 aliphatic rings. The average Bonchev–Trinajstić information content (AvgIpc) is 3.46. The number of urea groups is 1. The van der Waals surface area contributed by atoms with E-state index in [0.717, 1.165) is 18.4 Å². The number of hydrogen-bond acceptors (Lipinski definition) is 4. The summed E-state index contributed by atoms with van der Waals surface area (Å²) in [5.74, 6) is -0.388. The maximum absolute atomic E-state index is 13.0. The van der Waals surface area contributed by atoms with E-state index in [1.807, 2.05) is 0 Å². The molecule has 130 valence electrons. The third kappa shape index (κ3) is 4.28. The lowest BCUT2D eigenvalue weighted by Crippen LogP contribution is -2.36. The molecule has 0 unspecified atom stereocenters. The molecular weight excluding hydrogens is 325 g/mol. The maximum Gasteiger partial charge on any atom is 0.323 e. The summed E-state index contributed by atoms with van der Waals surface area (Å²) < 4.78 is 13.0. The van der Waals surface area contributed by atoms with E-state index < -0.39 is 0 Å². The maximum atomic E-state index is 13.0. The summed E-state index contributed by atoms with van der Waals surface area (Å²) in [6, 6.07) is 8.97. The molecule has 2 aromatic rings. The van der Waals surface area contributed by atoms with Gasteiger partial charge in [0.1, 0.15) is 5.82 Å². The lowest BCUT2D eigenvalue weighted by Gasteiger charge is -2.22. The van der Waals surface area contributed by atoms with Crippen LogP contribution in [-0.2, 0) is 6.54 Å². The first-order valence-corrected chi connectivity index (χ1v) is 7.94. The van der Waals surface area contributed by atoms with Crippen molar-refractivity contribution in [3.05, 3.63) is 53.5 Å². The number of aromatic nitrogens is 2. The van der Waals surface area contributed by atoms with Crippen LogP contribution in [0.2, 0.25) is 0 Å². The highest BCUT2D eigenvalue weighted by Gasteiger charge is 2.32. The van der Waals surface area contributed by atoms with Crippen molar-refractivity contribution in [2.75, 3.05) is 12.4 Å². The van der Waals surface area contributed by atoms with Crippen LogP contribution in [0, 0.1) is 5.82 Å². The predicted molar refractivity (Wildman–Crippen MR) is 89.4 cm³/mol. The Bertz CT molecular complexity index is 760. The van der Waals surface area contributed by atoms with Crippen LogP contribution in [0.1, 0.15) is 28.9 Å². The number of carbonyl (C=O) groups excluding carboxylic acids is 2. The molecule has 1 aromatic carbocycles. The Morgan fingerprint density at radius 3 is 2.44 bits per heavy atom. The first-order chi connectivity index (χ1) is 12.1. The van der Waals surface area contributed by atoms with Crippen LogP contribution in [0.5, 0.6) is 0 Å². The second-order valence-corrected chi connectivity index (χ2v) is 5.80. The lowest BCUT2D eigenvalue weighted by atomic mass is 10.2. The summed E-state index contributed by atoms with van der Waals surface area (Å²) in [7, 11) is 1.50. The smallest absolute Gasteiger partial charge is 0.323 e. The van der Waals surface area contributed by atoms with E-state index in [-0.39, 0.29) is 35.3 Å². The van der Waals surface area contributed by atoms with Gasteiger partial charge in [0, 0.05) is 19.6 Å². The second-order valence-electron chi connectivity index (χ2n) is 5.80. The van der Waals surface area contributed by atoms with E-state index in [4.69, 9.17) is 0 Å². The van der Waals surface area contributed by atoms with E-state index in [2.05, 4.69) is 20.8 Å². The minimum atomic E-state index is -0.346. The van der Waals surface area contributed by atoms with Gasteiger partial charge in [0.2, 0.25) is 0 Å². The normalized spacial score (nSPS) is 13.2. The molecule has 1 fully saturated rings. The molecule has 3 amide bonds. The highest BCUT2D eigenvalue weighted by atomic mass is 19.1. The fraction of sp³-hybridized carbons (Fsp3) is 0.294. The quantitative estimate of drug-likeness (QED) is 0.871. The van der Waals surface area contributed by atoms with Gasteiger partial charge in [-0.05, 0) is 42.7 Å². The third-order valence-corrected chi connectivity index (χ3v) is 3.87. The molecule has 1 aliphatic carbocycles. The van der Waals surface area contributed by atoms with Gasteiger partial charge in [0.05, 0.1) is 0 Å². The molecule has 0 aliphatic heterocycles. The van der Waals surface area contributed by atoms with Crippen LogP contribution in [0.15, 0.2) is 36.4 Å². The molecule has 1 heterocycles. The number of rotatable bonds is 5. The number of carbonyl (C=O) groups is 2. The summed E-state index contributed by atoms with van der Waals surface area (Å²) >= 11 is 0. The van der Waals surface area contributed by atoms with Gasteiger partial charge in [-0.2, -0.15) is 0 Å². The molecule has 7 nitrogen and oxygen atoms in total. The van der Waals surface area contributed by atoms with Gasteiger partial charge in [-0.1, -0.05) is 12.1 Å². The van der Waals surface area contributed by atoms with Crippen molar-refractivity contribution in [3.63, 3.8) is 0 Å². The standard InChI is InChI=1S/C17H18FN5O2/c1-19-16(24)14-8-9-15(22-21-14)20-17(25)23(13-6-7-13)10-11-2-4-12(18)5-3-11/h2-5,8-9,13H,6-7,10H2,1H3,(H,19,24)(H,20,22,25). The van der Waals surface area contributed by atoms with Crippen molar-refractivity contribution in [2.45, 2.75) is 25.4 Å². The Morgan fingerprint density at radius 1 is 1.16 bits per heavy atom. The van der Waals surface area contributed by atoms with Crippen molar-refractivity contribution in [3.8, 4) is 0 Å². The number of amides is 3. The Kier molecular flexibility index (Phi) is 4.87. The van der Waals surface area contributed by atoms with Gasteiger partial charge in [-0.15, -0.1) is 10.2 Å². The summed E-state index contributed by atoms with van der Waals surface area (Å²) in [5.41, 5.74) is 1.02. The van der Waals surface area contributed by atoms with Gasteiger partial charge in [-0.3, -0.25) is 10.1 Å². The molecule has 0 atom stereocenters. The number of halogens is 1. The van der Waals surface area contributed by atoms with E-state index in [9.17, 15) is 14.0 Å². The number of nitrogens with one attached hydrogen (secondary N) is 2. The fourth-order valence-electron chi connectivity index (χ4n) is 2.37. The van der Waals surface area contributed by atoms with Crippen molar-refractivity contribution in [2.24, 2.45) is 0 Å². The third-order valence-electron chi connectivity index (χ3n) is 3.87. The molecule has 1 aromatic heterocycles. The Hall–Kier alpha value is -3.03. The topological polar surface area (TPSA) is 87.2 Å². The molecule has 0 bridgehead atoms. The van der Waals surface area contributed by atoms with Crippen molar-refractivity contribution < 1.29 is 14.0 Å². The van der Waals surface area contributed by atoms with Gasteiger partial charge >= 0.3 is 6.03 Å². The lowest BCUT2D eigenvalue weighted by molar-refractivity contribution is 0.0957. The summed E-state index contributed by atoms with van der Waals surface area (Å²) in [4.78, 5) is 25.7. The molecule has 0 spiro atoms. The molecule has 3 rings (SSSR count). The first kappa shape index (κ1) is 16.8. The van der Waals surface area contributed by atoms with Crippen LogP contribution in [0.3, 0.4) is 0 Å². The van der Waals surface area contributed by atoms with Crippen molar-refractivity contribution >= 4 is 17.8 Å². The van der Waals surface area contributed by atoms with Crippen LogP contribution in [0.25, 0.3) is 0 Å². The van der Waals surface area contributed by atoms with Gasteiger partial charge in [0.15, 0.2) is 11.5 Å². The second kappa shape index (κ2) is 7.25. The Morgan fingerprint density at radius 2 is 1.88 bits per heavy atom. The average molecular weight is 343 g/mol. The SMILES string of the molecule is CNC(=O)c1ccc(NC(=O)N(Cc2ccc(F)cc2)C2CC2)nn1. The van der Waals surface area contributed by atoms with Crippen LogP contribution in [0.4, 0.5) is 15.0 Å². The zero-order valence-corrected chi connectivity index (χ0v) is 13.7. The highest BCUT2D eigenvalue weighted by Crippen LogP contribution is 2.29. The van der Waals surface area contributed by atoms with Gasteiger partial charge < -0.3 is 10.2 Å². The first-order valence-electron chi connectivity index (χ1n) is 7.94. The van der Waals surface area contributed by atoms with Crippen LogP contribution in [-0.4, -0.2) is 40.1 Å². The fourth-order valence-corrected chi connectivity index (χ4v) is 2.37. The number of hydrogen-bond donors (Lipinski definition) is 2. The van der Waals surface area contributed by atoms with E-state index in [1.165, 1.54) is 31.3 Å². The van der Waals surface area contributed by atoms with Crippen molar-refractivity contribution in [1.29, 1.82) is 0 Å². The minimum Gasteiger partial charge on any atom is -0.354 e. The molecule has 2 N–H and O–H groups in total. The molecule has 25 heavy (non-hydrogen) atoms. The zero-order valence-electron chi connectivity index (χ0n) is 13.7. The number of anilines is 1. The summed E-state index contributed by atoms with van der Waals surface area (Å²) in [6.07, 6.45) is 1.88.